The molecule has 1 N–H and O–H groups in total. The van der Waals surface area contributed by atoms with E-state index < -0.39 is 0 Å². The number of rotatable bonds is 7. The van der Waals surface area contributed by atoms with E-state index in [1.165, 1.54) is 0 Å². The lowest BCUT2D eigenvalue weighted by Gasteiger charge is -2.10. The Morgan fingerprint density at radius 1 is 1.19 bits per heavy atom. The second-order valence-electron chi connectivity index (χ2n) is 6.14. The number of hydrogen-bond donors (Lipinski definition) is 1. The number of benzene rings is 2. The van der Waals surface area contributed by atoms with Crippen LogP contribution in [0.25, 0.3) is 11.4 Å². The summed E-state index contributed by atoms with van der Waals surface area (Å²) >= 11 is 6.13. The molecule has 0 bridgehead atoms. The van der Waals surface area contributed by atoms with Crippen molar-refractivity contribution >= 4 is 17.5 Å². The van der Waals surface area contributed by atoms with Gasteiger partial charge in [0.25, 0.3) is 5.91 Å². The van der Waals surface area contributed by atoms with E-state index in [0.29, 0.717) is 35.5 Å². The summed E-state index contributed by atoms with van der Waals surface area (Å²) in [5, 5.41) is 7.43. The largest absolute Gasteiger partial charge is 0.484 e. The molecular formula is C20H20ClN3O3. The highest BCUT2D eigenvalue weighted by atomic mass is 35.5. The number of aromatic nitrogens is 2. The number of nitrogens with one attached hydrogen (secondary N) is 1. The molecule has 7 heteroatoms. The van der Waals surface area contributed by atoms with Gasteiger partial charge in [-0.2, -0.15) is 4.98 Å². The normalized spacial score (nSPS) is 10.6. The van der Waals surface area contributed by atoms with Crippen LogP contribution < -0.4 is 10.1 Å². The van der Waals surface area contributed by atoms with Crippen LogP contribution in [0.1, 0.15) is 17.0 Å². The molecule has 0 fully saturated rings. The van der Waals surface area contributed by atoms with Crippen molar-refractivity contribution in [2.24, 2.45) is 0 Å². The molecule has 0 unspecified atom stereocenters. The summed E-state index contributed by atoms with van der Waals surface area (Å²) in [5.41, 5.74) is 2.72. The number of halogens is 1. The molecule has 1 aromatic heterocycles. The first kappa shape index (κ1) is 18.9. The predicted molar refractivity (Wildman–Crippen MR) is 103 cm³/mol. The summed E-state index contributed by atoms with van der Waals surface area (Å²) in [6.07, 6.45) is 0.449. The van der Waals surface area contributed by atoms with Gasteiger partial charge >= 0.3 is 0 Å². The third-order valence-electron chi connectivity index (χ3n) is 3.94. The fourth-order valence-corrected chi connectivity index (χ4v) is 2.67. The van der Waals surface area contributed by atoms with Crippen LogP contribution in [0.3, 0.4) is 0 Å². The van der Waals surface area contributed by atoms with Crippen molar-refractivity contribution in [2.75, 3.05) is 13.2 Å². The van der Waals surface area contributed by atoms with E-state index in [4.69, 9.17) is 20.9 Å². The van der Waals surface area contributed by atoms with E-state index in [9.17, 15) is 4.79 Å². The third-order valence-corrected chi connectivity index (χ3v) is 4.54. The Morgan fingerprint density at radius 2 is 1.89 bits per heavy atom. The molecule has 0 aliphatic heterocycles. The lowest BCUT2D eigenvalue weighted by Crippen LogP contribution is -2.30. The first-order valence-electron chi connectivity index (χ1n) is 8.57. The zero-order valence-electron chi connectivity index (χ0n) is 15.2. The Morgan fingerprint density at radius 3 is 2.59 bits per heavy atom. The maximum Gasteiger partial charge on any atom is 0.257 e. The van der Waals surface area contributed by atoms with Gasteiger partial charge in [0.15, 0.2) is 6.61 Å². The Kier molecular flexibility index (Phi) is 6.08. The average Bonchev–Trinajstić information content (AvgIpc) is 3.14. The van der Waals surface area contributed by atoms with E-state index in [-0.39, 0.29) is 12.5 Å². The zero-order valence-corrected chi connectivity index (χ0v) is 15.9. The van der Waals surface area contributed by atoms with E-state index in [0.717, 1.165) is 16.7 Å². The van der Waals surface area contributed by atoms with Gasteiger partial charge in [-0.05, 0) is 37.1 Å². The van der Waals surface area contributed by atoms with Gasteiger partial charge in [-0.1, -0.05) is 47.1 Å². The smallest absolute Gasteiger partial charge is 0.257 e. The molecule has 0 radical (unpaired) electrons. The van der Waals surface area contributed by atoms with E-state index in [2.05, 4.69) is 15.5 Å². The van der Waals surface area contributed by atoms with Crippen molar-refractivity contribution in [3.63, 3.8) is 0 Å². The van der Waals surface area contributed by atoms with Crippen molar-refractivity contribution < 1.29 is 14.1 Å². The molecule has 1 heterocycles. The fourth-order valence-electron chi connectivity index (χ4n) is 2.56. The molecule has 27 heavy (non-hydrogen) atoms. The minimum atomic E-state index is -0.219. The van der Waals surface area contributed by atoms with E-state index in [1.807, 2.05) is 56.3 Å². The average molecular weight is 386 g/mol. The van der Waals surface area contributed by atoms with Crippen molar-refractivity contribution in [1.29, 1.82) is 0 Å². The summed E-state index contributed by atoms with van der Waals surface area (Å²) in [6, 6.07) is 13.2. The SMILES string of the molecule is Cc1cc(OCC(=O)NCCc2nc(-c3ccccc3)no2)cc(C)c1Cl. The number of amides is 1. The first-order valence-corrected chi connectivity index (χ1v) is 8.95. The summed E-state index contributed by atoms with van der Waals surface area (Å²) < 4.78 is 10.7. The van der Waals surface area contributed by atoms with Crippen LogP contribution >= 0.6 is 11.6 Å². The molecule has 140 valence electrons. The van der Waals surface area contributed by atoms with Crippen molar-refractivity contribution in [3.8, 4) is 17.1 Å². The number of aryl methyl sites for hydroxylation is 2. The second-order valence-corrected chi connectivity index (χ2v) is 6.52. The standard InChI is InChI=1S/C20H20ClN3O3/c1-13-10-16(11-14(2)19(13)21)26-12-17(25)22-9-8-18-23-20(24-27-18)15-6-4-3-5-7-15/h3-7,10-11H,8-9,12H2,1-2H3,(H,22,25). The van der Waals surface area contributed by atoms with Crippen LogP contribution in [0.4, 0.5) is 0 Å². The maximum absolute atomic E-state index is 11.9. The molecule has 1 amide bonds. The molecule has 0 atom stereocenters. The number of ether oxygens (including phenoxy) is 1. The van der Waals surface area contributed by atoms with Gasteiger partial charge in [-0.3, -0.25) is 4.79 Å². The van der Waals surface area contributed by atoms with Crippen LogP contribution in [0.15, 0.2) is 47.0 Å². The molecule has 6 nitrogen and oxygen atoms in total. The van der Waals surface area contributed by atoms with Gasteiger partial charge < -0.3 is 14.6 Å². The van der Waals surface area contributed by atoms with Gasteiger partial charge in [0.05, 0.1) is 0 Å². The second kappa shape index (κ2) is 8.68. The number of hydrogen-bond acceptors (Lipinski definition) is 5. The third kappa shape index (κ3) is 5.08. The fraction of sp³-hybridized carbons (Fsp3) is 0.250. The number of carbonyl (C=O) groups excluding carboxylic acids is 1. The van der Waals surface area contributed by atoms with Crippen LogP contribution in [0.5, 0.6) is 5.75 Å². The molecule has 0 aliphatic carbocycles. The minimum absolute atomic E-state index is 0.0698. The van der Waals surface area contributed by atoms with Crippen molar-refractivity contribution in [2.45, 2.75) is 20.3 Å². The number of nitrogens with zero attached hydrogens (tertiary/aromatic N) is 2. The molecule has 3 aromatic rings. The highest BCUT2D eigenvalue weighted by Gasteiger charge is 2.10. The first-order chi connectivity index (χ1) is 13.0. The zero-order chi connectivity index (χ0) is 19.2. The Balaban J connectivity index is 1.44. The van der Waals surface area contributed by atoms with Gasteiger partial charge in [0.2, 0.25) is 11.7 Å². The molecule has 0 saturated carbocycles. The van der Waals surface area contributed by atoms with Crippen LogP contribution in [0, 0.1) is 13.8 Å². The van der Waals surface area contributed by atoms with Crippen LogP contribution in [0.2, 0.25) is 5.02 Å². The van der Waals surface area contributed by atoms with Gasteiger partial charge in [0.1, 0.15) is 5.75 Å². The van der Waals surface area contributed by atoms with Crippen molar-refractivity contribution in [3.05, 3.63) is 64.5 Å². The Bertz CT molecular complexity index is 902. The lowest BCUT2D eigenvalue weighted by molar-refractivity contribution is -0.123. The summed E-state index contributed by atoms with van der Waals surface area (Å²) in [4.78, 5) is 16.3. The van der Waals surface area contributed by atoms with Crippen LogP contribution in [-0.2, 0) is 11.2 Å². The summed E-state index contributed by atoms with van der Waals surface area (Å²) in [6.45, 7) is 4.11. The Hall–Kier alpha value is -2.86. The highest BCUT2D eigenvalue weighted by Crippen LogP contribution is 2.25. The minimum Gasteiger partial charge on any atom is -0.484 e. The molecular weight excluding hydrogens is 366 g/mol. The van der Waals surface area contributed by atoms with Gasteiger partial charge in [-0.25, -0.2) is 0 Å². The summed E-state index contributed by atoms with van der Waals surface area (Å²) in [5.74, 6) is 1.41. The van der Waals surface area contributed by atoms with Gasteiger partial charge in [-0.15, -0.1) is 0 Å². The Labute approximate surface area is 162 Å². The molecule has 2 aromatic carbocycles. The molecule has 0 saturated heterocycles. The van der Waals surface area contributed by atoms with Crippen LogP contribution in [-0.4, -0.2) is 29.2 Å². The monoisotopic (exact) mass is 385 g/mol. The van der Waals surface area contributed by atoms with Crippen molar-refractivity contribution in [1.82, 2.24) is 15.5 Å². The predicted octanol–water partition coefficient (Wildman–Crippen LogP) is 3.74. The van der Waals surface area contributed by atoms with E-state index in [1.54, 1.807) is 0 Å². The van der Waals surface area contributed by atoms with E-state index >= 15 is 0 Å². The molecule has 0 aliphatic rings. The summed E-state index contributed by atoms with van der Waals surface area (Å²) in [7, 11) is 0. The number of carbonyl (C=O) groups is 1. The lowest BCUT2D eigenvalue weighted by atomic mass is 10.1. The quantitative estimate of drug-likeness (QED) is 0.670. The highest BCUT2D eigenvalue weighted by molar-refractivity contribution is 6.32. The van der Waals surface area contributed by atoms with Gasteiger partial charge in [0, 0.05) is 23.6 Å². The molecule has 0 spiro atoms. The topological polar surface area (TPSA) is 77.2 Å². The maximum atomic E-state index is 11.9. The molecule has 3 rings (SSSR count).